The van der Waals surface area contributed by atoms with E-state index in [-0.39, 0.29) is 5.92 Å². The molecule has 0 aromatic heterocycles. The predicted molar refractivity (Wildman–Crippen MR) is 201 cm³/mol. The van der Waals surface area contributed by atoms with E-state index in [0.29, 0.717) is 0 Å². The molecule has 0 amide bonds. The van der Waals surface area contributed by atoms with E-state index in [9.17, 15) is 0 Å². The molecule has 1 unspecified atom stereocenters. The van der Waals surface area contributed by atoms with Gasteiger partial charge in [0.2, 0.25) is 0 Å². The van der Waals surface area contributed by atoms with Gasteiger partial charge in [-0.05, 0) is 125 Å². The Balaban J connectivity index is 1.17. The lowest BCUT2D eigenvalue weighted by Crippen LogP contribution is -2.02. The Bertz CT molecular complexity index is 2460. The van der Waals surface area contributed by atoms with Crippen LogP contribution in [0, 0.1) is 0 Å². The molecule has 0 fully saturated rings. The van der Waals surface area contributed by atoms with Crippen molar-refractivity contribution in [2.24, 2.45) is 0 Å². The average molecular weight is 609 g/mol. The molecule has 0 heterocycles. The summed E-state index contributed by atoms with van der Waals surface area (Å²) in [5, 5.41) is 2.61. The van der Waals surface area contributed by atoms with Crippen molar-refractivity contribution in [3.8, 4) is 55.6 Å². The summed E-state index contributed by atoms with van der Waals surface area (Å²) in [6.07, 6.45) is 1.00. The fourth-order valence-electron chi connectivity index (χ4n) is 8.38. The highest BCUT2D eigenvalue weighted by molar-refractivity contribution is 6.01. The summed E-state index contributed by atoms with van der Waals surface area (Å²) in [4.78, 5) is 0. The van der Waals surface area contributed by atoms with Crippen LogP contribution in [0.2, 0.25) is 0 Å². The third-order valence-corrected chi connectivity index (χ3v) is 10.6. The Labute approximate surface area is 281 Å². The van der Waals surface area contributed by atoms with Crippen LogP contribution in [0.15, 0.2) is 176 Å². The van der Waals surface area contributed by atoms with Crippen LogP contribution in [0.1, 0.15) is 33.7 Å². The standard InChI is InChI=1S/C48H32/c1-3-13-31(14-4-1)34-26-35(32-15-5-2-6-16-32)28-36(27-34)39-23-24-44(41-20-10-9-19-40(39)41)48-43-22-12-11-21-42(43)46-30-45-37(29-47(46)48)25-33-17-7-8-18-38(33)45/h1-24,26-30,48H,25H2. The summed E-state index contributed by atoms with van der Waals surface area (Å²) in [5.41, 5.74) is 20.0. The van der Waals surface area contributed by atoms with E-state index in [1.807, 2.05) is 0 Å². The van der Waals surface area contributed by atoms with Gasteiger partial charge in [-0.1, -0.05) is 152 Å². The van der Waals surface area contributed by atoms with Crippen LogP contribution < -0.4 is 0 Å². The van der Waals surface area contributed by atoms with Crippen molar-refractivity contribution >= 4 is 10.8 Å². The lowest BCUT2D eigenvalue weighted by atomic mass is 9.83. The Morgan fingerprint density at radius 2 is 0.896 bits per heavy atom. The van der Waals surface area contributed by atoms with Gasteiger partial charge in [-0.25, -0.2) is 0 Å². The van der Waals surface area contributed by atoms with Crippen LogP contribution in [0.3, 0.4) is 0 Å². The molecule has 0 aliphatic heterocycles. The van der Waals surface area contributed by atoms with Gasteiger partial charge in [-0.15, -0.1) is 0 Å². The molecule has 0 saturated heterocycles. The van der Waals surface area contributed by atoms with Gasteiger partial charge in [0.25, 0.3) is 0 Å². The highest BCUT2D eigenvalue weighted by Gasteiger charge is 2.33. The van der Waals surface area contributed by atoms with Gasteiger partial charge in [-0.2, -0.15) is 0 Å². The van der Waals surface area contributed by atoms with Crippen LogP contribution in [0.4, 0.5) is 0 Å². The van der Waals surface area contributed by atoms with Crippen LogP contribution in [-0.2, 0) is 6.42 Å². The Morgan fingerprint density at radius 3 is 1.65 bits per heavy atom. The number of benzene rings is 8. The fraction of sp³-hybridized carbons (Fsp3) is 0.0417. The second-order valence-corrected chi connectivity index (χ2v) is 13.2. The van der Waals surface area contributed by atoms with Crippen LogP contribution in [0.25, 0.3) is 66.4 Å². The molecule has 0 bridgehead atoms. The van der Waals surface area contributed by atoms with Gasteiger partial charge < -0.3 is 0 Å². The fourth-order valence-corrected chi connectivity index (χ4v) is 8.38. The second kappa shape index (κ2) is 10.8. The minimum Gasteiger partial charge on any atom is -0.0622 e. The minimum atomic E-state index is 0.180. The van der Waals surface area contributed by atoms with E-state index in [1.54, 1.807) is 0 Å². The summed E-state index contributed by atoms with van der Waals surface area (Å²) < 4.78 is 0. The summed E-state index contributed by atoms with van der Waals surface area (Å²) >= 11 is 0. The molecule has 8 aromatic rings. The van der Waals surface area contributed by atoms with E-state index in [0.717, 1.165) is 6.42 Å². The summed E-state index contributed by atoms with van der Waals surface area (Å²) in [6.45, 7) is 0. The smallest absolute Gasteiger partial charge is 0.0358 e. The first-order chi connectivity index (χ1) is 23.8. The van der Waals surface area contributed by atoms with Gasteiger partial charge in [-0.3, -0.25) is 0 Å². The third kappa shape index (κ3) is 4.23. The zero-order valence-electron chi connectivity index (χ0n) is 26.5. The molecule has 224 valence electrons. The van der Waals surface area contributed by atoms with E-state index in [1.165, 1.54) is 94.2 Å². The van der Waals surface area contributed by atoms with Gasteiger partial charge in [0, 0.05) is 5.92 Å². The summed E-state index contributed by atoms with van der Waals surface area (Å²) in [7, 11) is 0. The van der Waals surface area contributed by atoms with Crippen LogP contribution >= 0.6 is 0 Å². The maximum Gasteiger partial charge on any atom is 0.0358 e. The van der Waals surface area contributed by atoms with Crippen LogP contribution in [-0.4, -0.2) is 0 Å². The lowest BCUT2D eigenvalue weighted by Gasteiger charge is -2.20. The Hall–Kier alpha value is -5.98. The van der Waals surface area contributed by atoms with Gasteiger partial charge in [0.05, 0.1) is 0 Å². The predicted octanol–water partition coefficient (Wildman–Crippen LogP) is 12.6. The average Bonchev–Trinajstić information content (AvgIpc) is 3.68. The number of hydrogen-bond donors (Lipinski definition) is 0. The largest absolute Gasteiger partial charge is 0.0622 e. The normalized spacial score (nSPS) is 14.0. The first-order valence-corrected chi connectivity index (χ1v) is 16.9. The Kier molecular flexibility index (Phi) is 6.11. The molecule has 2 aliphatic carbocycles. The van der Waals surface area contributed by atoms with E-state index in [2.05, 4.69) is 176 Å². The van der Waals surface area contributed by atoms with E-state index in [4.69, 9.17) is 0 Å². The second-order valence-electron chi connectivity index (χ2n) is 13.2. The zero-order valence-corrected chi connectivity index (χ0v) is 26.5. The topological polar surface area (TPSA) is 0 Å². The highest BCUT2D eigenvalue weighted by Crippen LogP contribution is 2.53. The first kappa shape index (κ1) is 27.2. The molecular formula is C48H32. The summed E-state index contributed by atoms with van der Waals surface area (Å²) in [6, 6.07) is 65.4. The molecule has 2 aliphatic rings. The monoisotopic (exact) mass is 608 g/mol. The quantitative estimate of drug-likeness (QED) is 0.186. The van der Waals surface area contributed by atoms with Crippen molar-refractivity contribution in [3.05, 3.63) is 204 Å². The molecule has 8 aromatic carbocycles. The van der Waals surface area contributed by atoms with Gasteiger partial charge in [0.15, 0.2) is 0 Å². The minimum absolute atomic E-state index is 0.180. The molecule has 0 radical (unpaired) electrons. The molecule has 10 rings (SSSR count). The molecule has 0 heteroatoms. The van der Waals surface area contributed by atoms with E-state index >= 15 is 0 Å². The molecule has 0 spiro atoms. The van der Waals surface area contributed by atoms with Crippen molar-refractivity contribution in [1.82, 2.24) is 0 Å². The molecule has 0 saturated carbocycles. The highest BCUT2D eigenvalue weighted by atomic mass is 14.4. The van der Waals surface area contributed by atoms with Gasteiger partial charge >= 0.3 is 0 Å². The number of hydrogen-bond acceptors (Lipinski definition) is 0. The molecular weight excluding hydrogens is 577 g/mol. The SMILES string of the molecule is c1ccc(-c2cc(-c3ccccc3)cc(-c3ccc(C4c5ccccc5-c5cc6c(cc54)Cc4ccccc4-6)c4ccccc34)c2)cc1. The van der Waals surface area contributed by atoms with Crippen molar-refractivity contribution < 1.29 is 0 Å². The molecule has 1 atom stereocenters. The Morgan fingerprint density at radius 1 is 0.292 bits per heavy atom. The van der Waals surface area contributed by atoms with Crippen molar-refractivity contribution in [1.29, 1.82) is 0 Å². The summed E-state index contributed by atoms with van der Waals surface area (Å²) in [5.74, 6) is 0.180. The first-order valence-electron chi connectivity index (χ1n) is 16.9. The van der Waals surface area contributed by atoms with Crippen LogP contribution in [0.5, 0.6) is 0 Å². The van der Waals surface area contributed by atoms with Crippen molar-refractivity contribution in [2.75, 3.05) is 0 Å². The molecule has 0 N–H and O–H groups in total. The maximum absolute atomic E-state index is 2.52. The lowest BCUT2D eigenvalue weighted by molar-refractivity contribution is 1.02. The van der Waals surface area contributed by atoms with Crippen molar-refractivity contribution in [3.63, 3.8) is 0 Å². The number of rotatable bonds is 4. The molecule has 48 heavy (non-hydrogen) atoms. The maximum atomic E-state index is 2.52. The van der Waals surface area contributed by atoms with Gasteiger partial charge in [0.1, 0.15) is 0 Å². The molecule has 0 nitrogen and oxygen atoms in total. The third-order valence-electron chi connectivity index (χ3n) is 10.6. The van der Waals surface area contributed by atoms with Crippen molar-refractivity contribution in [2.45, 2.75) is 12.3 Å². The van der Waals surface area contributed by atoms with E-state index < -0.39 is 0 Å². The zero-order chi connectivity index (χ0) is 31.6. The number of fused-ring (bicyclic) bond motifs is 7.